The summed E-state index contributed by atoms with van der Waals surface area (Å²) in [5.74, 6) is 1.01. The number of benzene rings is 1. The van der Waals surface area contributed by atoms with Crippen molar-refractivity contribution in [2.75, 3.05) is 0 Å². The lowest BCUT2D eigenvalue weighted by atomic mass is 10.1. The largest absolute Gasteiger partial charge is 0.240 e. The van der Waals surface area contributed by atoms with E-state index in [2.05, 4.69) is 54.9 Å². The van der Waals surface area contributed by atoms with Gasteiger partial charge in [0.2, 0.25) is 0 Å². The molecule has 2 rings (SSSR count). The fourth-order valence-corrected chi connectivity index (χ4v) is 3.85. The zero-order chi connectivity index (χ0) is 13.1. The van der Waals surface area contributed by atoms with E-state index in [0.29, 0.717) is 5.25 Å². The van der Waals surface area contributed by atoms with Crippen molar-refractivity contribution in [3.63, 3.8) is 0 Å². The molecule has 0 aliphatic rings. The standard InChI is InChI=1S/C14H16BrNS2/c1-9(2)17-8-13-16-14(10(3)18-13)11-6-4-5-7-12(11)15/h4-7,9H,8H2,1-3H3. The Morgan fingerprint density at radius 3 is 2.72 bits per heavy atom. The first-order valence-electron chi connectivity index (χ1n) is 5.90. The summed E-state index contributed by atoms with van der Waals surface area (Å²) < 4.78 is 1.11. The maximum absolute atomic E-state index is 4.78. The van der Waals surface area contributed by atoms with Crippen molar-refractivity contribution in [3.8, 4) is 11.3 Å². The number of halogens is 1. The van der Waals surface area contributed by atoms with Gasteiger partial charge in [-0.2, -0.15) is 11.8 Å². The molecule has 1 aromatic heterocycles. The van der Waals surface area contributed by atoms with Crippen molar-refractivity contribution in [2.45, 2.75) is 31.8 Å². The summed E-state index contributed by atoms with van der Waals surface area (Å²) in [6.07, 6.45) is 0. The summed E-state index contributed by atoms with van der Waals surface area (Å²) in [5.41, 5.74) is 2.30. The van der Waals surface area contributed by atoms with Crippen LogP contribution in [0.25, 0.3) is 11.3 Å². The molecule has 1 nitrogen and oxygen atoms in total. The summed E-state index contributed by atoms with van der Waals surface area (Å²) in [6.45, 7) is 6.59. The monoisotopic (exact) mass is 341 g/mol. The van der Waals surface area contributed by atoms with E-state index in [1.54, 1.807) is 0 Å². The minimum Gasteiger partial charge on any atom is -0.240 e. The molecule has 0 N–H and O–H groups in total. The quantitative estimate of drug-likeness (QED) is 0.725. The zero-order valence-corrected chi connectivity index (χ0v) is 14.0. The molecule has 0 atom stereocenters. The van der Waals surface area contributed by atoms with E-state index in [-0.39, 0.29) is 0 Å². The van der Waals surface area contributed by atoms with Gasteiger partial charge in [-0.25, -0.2) is 4.98 Å². The molecule has 0 aliphatic heterocycles. The van der Waals surface area contributed by atoms with Gasteiger partial charge in [0.1, 0.15) is 5.01 Å². The lowest BCUT2D eigenvalue weighted by molar-refractivity contribution is 1.10. The van der Waals surface area contributed by atoms with Gasteiger partial charge in [-0.15, -0.1) is 11.3 Å². The van der Waals surface area contributed by atoms with Crippen LogP contribution in [0.15, 0.2) is 28.7 Å². The van der Waals surface area contributed by atoms with Gasteiger partial charge in [-0.3, -0.25) is 0 Å². The van der Waals surface area contributed by atoms with Crippen molar-refractivity contribution in [1.29, 1.82) is 0 Å². The summed E-state index contributed by atoms with van der Waals surface area (Å²) in [5, 5.41) is 1.87. The molecule has 18 heavy (non-hydrogen) atoms. The number of aryl methyl sites for hydroxylation is 1. The van der Waals surface area contributed by atoms with Gasteiger partial charge in [0, 0.05) is 20.7 Å². The van der Waals surface area contributed by atoms with E-state index < -0.39 is 0 Å². The Balaban J connectivity index is 2.27. The fourth-order valence-electron chi connectivity index (χ4n) is 1.65. The van der Waals surface area contributed by atoms with Crippen LogP contribution in [0.1, 0.15) is 23.7 Å². The van der Waals surface area contributed by atoms with Crippen molar-refractivity contribution in [2.24, 2.45) is 0 Å². The number of thiazole rings is 1. The van der Waals surface area contributed by atoms with Crippen molar-refractivity contribution in [3.05, 3.63) is 38.6 Å². The minimum absolute atomic E-state index is 0.654. The first kappa shape index (κ1) is 14.1. The van der Waals surface area contributed by atoms with Crippen LogP contribution in [0.2, 0.25) is 0 Å². The number of hydrogen-bond donors (Lipinski definition) is 0. The molecule has 0 radical (unpaired) electrons. The third-order valence-corrected chi connectivity index (χ3v) is 5.46. The van der Waals surface area contributed by atoms with E-state index in [4.69, 9.17) is 4.98 Å². The highest BCUT2D eigenvalue weighted by molar-refractivity contribution is 9.10. The molecule has 0 saturated heterocycles. The summed E-state index contributed by atoms with van der Waals surface area (Å²) >= 11 is 7.35. The average Bonchev–Trinajstić information content (AvgIpc) is 2.69. The highest BCUT2D eigenvalue weighted by Gasteiger charge is 2.12. The molecule has 0 bridgehead atoms. The maximum atomic E-state index is 4.78. The van der Waals surface area contributed by atoms with E-state index >= 15 is 0 Å². The average molecular weight is 342 g/mol. The number of nitrogens with zero attached hydrogens (tertiary/aromatic N) is 1. The van der Waals surface area contributed by atoms with Gasteiger partial charge in [0.25, 0.3) is 0 Å². The number of hydrogen-bond acceptors (Lipinski definition) is 3. The van der Waals surface area contributed by atoms with Gasteiger partial charge in [0.05, 0.1) is 5.69 Å². The Labute approximate surface area is 125 Å². The number of rotatable bonds is 4. The predicted octanol–water partition coefficient (Wildman–Crippen LogP) is 5.52. The lowest BCUT2D eigenvalue weighted by Gasteiger charge is -2.02. The normalized spacial score (nSPS) is 11.2. The molecule has 2 aromatic rings. The Hall–Kier alpha value is -0.320. The van der Waals surface area contributed by atoms with Crippen LogP contribution in [0.3, 0.4) is 0 Å². The Bertz CT molecular complexity index is 534. The third kappa shape index (κ3) is 3.37. The molecular weight excluding hydrogens is 326 g/mol. The van der Waals surface area contributed by atoms with Crippen LogP contribution in [-0.2, 0) is 5.75 Å². The first-order valence-corrected chi connectivity index (χ1v) is 8.56. The number of aromatic nitrogens is 1. The molecule has 1 heterocycles. The van der Waals surface area contributed by atoms with Crippen LogP contribution in [0.4, 0.5) is 0 Å². The second-order valence-corrected chi connectivity index (χ2v) is 8.06. The highest BCUT2D eigenvalue weighted by atomic mass is 79.9. The topological polar surface area (TPSA) is 12.9 Å². The van der Waals surface area contributed by atoms with E-state index in [1.807, 2.05) is 29.2 Å². The highest BCUT2D eigenvalue weighted by Crippen LogP contribution is 2.34. The van der Waals surface area contributed by atoms with Crippen molar-refractivity contribution < 1.29 is 0 Å². The molecule has 0 spiro atoms. The summed E-state index contributed by atoms with van der Waals surface area (Å²) in [6, 6.07) is 8.27. The second-order valence-electron chi connectivity index (χ2n) is 4.35. The summed E-state index contributed by atoms with van der Waals surface area (Å²) in [4.78, 5) is 6.07. The SMILES string of the molecule is Cc1sc(CSC(C)C)nc1-c1ccccc1Br. The molecule has 0 aliphatic carbocycles. The van der Waals surface area contributed by atoms with E-state index in [1.165, 1.54) is 15.4 Å². The van der Waals surface area contributed by atoms with Crippen LogP contribution in [-0.4, -0.2) is 10.2 Å². The molecular formula is C14H16BrNS2. The maximum Gasteiger partial charge on any atom is 0.103 e. The fraction of sp³-hybridized carbons (Fsp3) is 0.357. The lowest BCUT2D eigenvalue weighted by Crippen LogP contribution is -1.88. The van der Waals surface area contributed by atoms with Crippen molar-refractivity contribution >= 4 is 39.0 Å². The first-order chi connectivity index (χ1) is 8.58. The molecule has 1 aromatic carbocycles. The summed E-state index contributed by atoms with van der Waals surface area (Å²) in [7, 11) is 0. The van der Waals surface area contributed by atoms with Crippen LogP contribution in [0, 0.1) is 6.92 Å². The van der Waals surface area contributed by atoms with Crippen LogP contribution in [0.5, 0.6) is 0 Å². The molecule has 0 fully saturated rings. The van der Waals surface area contributed by atoms with Gasteiger partial charge in [0.15, 0.2) is 0 Å². The smallest absolute Gasteiger partial charge is 0.103 e. The Kier molecular flexibility index (Phi) is 4.87. The molecule has 96 valence electrons. The second kappa shape index (κ2) is 6.22. The number of thioether (sulfide) groups is 1. The molecule has 4 heteroatoms. The van der Waals surface area contributed by atoms with E-state index in [9.17, 15) is 0 Å². The van der Waals surface area contributed by atoms with E-state index in [0.717, 1.165) is 15.9 Å². The van der Waals surface area contributed by atoms with Gasteiger partial charge in [-0.1, -0.05) is 48.0 Å². The predicted molar refractivity (Wildman–Crippen MR) is 86.4 cm³/mol. The van der Waals surface area contributed by atoms with Gasteiger partial charge >= 0.3 is 0 Å². The van der Waals surface area contributed by atoms with Crippen LogP contribution >= 0.6 is 39.0 Å². The molecule has 0 unspecified atom stereocenters. The Morgan fingerprint density at radius 1 is 1.33 bits per heavy atom. The minimum atomic E-state index is 0.654. The molecule has 0 amide bonds. The zero-order valence-electron chi connectivity index (χ0n) is 10.7. The third-order valence-electron chi connectivity index (χ3n) is 2.51. The van der Waals surface area contributed by atoms with Crippen molar-refractivity contribution in [1.82, 2.24) is 4.98 Å². The molecule has 0 saturated carbocycles. The Morgan fingerprint density at radius 2 is 2.06 bits per heavy atom. The van der Waals surface area contributed by atoms with Crippen LogP contribution < -0.4 is 0 Å². The van der Waals surface area contributed by atoms with Gasteiger partial charge in [-0.05, 0) is 18.2 Å². The van der Waals surface area contributed by atoms with Gasteiger partial charge < -0.3 is 0 Å².